The molecule has 0 heterocycles. The summed E-state index contributed by atoms with van der Waals surface area (Å²) in [6.07, 6.45) is 3.19. The highest BCUT2D eigenvalue weighted by Gasteiger charge is 2.20. The van der Waals surface area contributed by atoms with Gasteiger partial charge in [-0.3, -0.25) is 0 Å². The molecule has 0 spiro atoms. The topological polar surface area (TPSA) is 33.0 Å². The highest BCUT2D eigenvalue weighted by Crippen LogP contribution is 2.28. The lowest BCUT2D eigenvalue weighted by Crippen LogP contribution is -1.96. The maximum absolute atomic E-state index is 8.12. The van der Waals surface area contributed by atoms with Crippen LogP contribution in [0, 0.1) is 17.2 Å². The molecule has 1 rings (SSSR count). The molecule has 0 aromatic rings. The number of hydrogen-bond acceptors (Lipinski definition) is 2. The Morgan fingerprint density at radius 3 is 2.89 bits per heavy atom. The third kappa shape index (κ3) is 3.10. The van der Waals surface area contributed by atoms with Gasteiger partial charge in [0.2, 0.25) is 0 Å². The summed E-state index contributed by atoms with van der Waals surface area (Å²) in [5, 5.41) is 8.12. The Balaban J connectivity index is 1.77. The van der Waals surface area contributed by atoms with Gasteiger partial charge in [0.1, 0.15) is 0 Å². The van der Waals surface area contributed by atoms with Crippen LogP contribution >= 0.6 is 0 Å². The van der Waals surface area contributed by atoms with E-state index in [1.165, 1.54) is 12.8 Å². The number of nitriles is 1. The average molecular weight is 125 g/mol. The predicted octanol–water partition coefficient (Wildman–Crippen LogP) is 1.33. The van der Waals surface area contributed by atoms with Gasteiger partial charge in [0, 0.05) is 6.61 Å². The summed E-state index contributed by atoms with van der Waals surface area (Å²) in [4.78, 5) is 0. The van der Waals surface area contributed by atoms with Crippen LogP contribution < -0.4 is 0 Å². The maximum Gasteiger partial charge on any atom is 0.0645 e. The summed E-state index contributed by atoms with van der Waals surface area (Å²) in [6.45, 7) is 1.49. The minimum Gasteiger partial charge on any atom is -0.380 e. The Labute approximate surface area is 55.4 Å². The van der Waals surface area contributed by atoms with Gasteiger partial charge in [-0.15, -0.1) is 0 Å². The molecule has 1 aliphatic carbocycles. The lowest BCUT2D eigenvalue weighted by Gasteiger charge is -1.96. The molecular weight excluding hydrogens is 114 g/mol. The Hall–Kier alpha value is -0.550. The standard InChI is InChI=1S/C7H11NO/c8-4-1-5-9-6-7-2-3-7/h7H,1-3,5-6H2. The van der Waals surface area contributed by atoms with Gasteiger partial charge in [0.15, 0.2) is 0 Å². The normalized spacial score (nSPS) is 17.2. The van der Waals surface area contributed by atoms with Crippen LogP contribution in [0.25, 0.3) is 0 Å². The summed E-state index contributed by atoms with van der Waals surface area (Å²) in [7, 11) is 0. The van der Waals surface area contributed by atoms with Crippen molar-refractivity contribution in [3.63, 3.8) is 0 Å². The van der Waals surface area contributed by atoms with E-state index in [4.69, 9.17) is 10.00 Å². The van der Waals surface area contributed by atoms with Crippen LogP contribution in [0.2, 0.25) is 0 Å². The number of hydrogen-bond donors (Lipinski definition) is 0. The second-order valence-electron chi connectivity index (χ2n) is 2.43. The number of rotatable bonds is 4. The molecule has 0 unspecified atom stereocenters. The van der Waals surface area contributed by atoms with Crippen molar-refractivity contribution in [2.45, 2.75) is 19.3 Å². The fraction of sp³-hybridized carbons (Fsp3) is 0.857. The van der Waals surface area contributed by atoms with Crippen LogP contribution in [0.5, 0.6) is 0 Å². The van der Waals surface area contributed by atoms with Crippen molar-refractivity contribution in [2.24, 2.45) is 5.92 Å². The molecule has 0 aromatic carbocycles. The highest BCUT2D eigenvalue weighted by atomic mass is 16.5. The van der Waals surface area contributed by atoms with Crippen molar-refractivity contribution in [3.8, 4) is 6.07 Å². The van der Waals surface area contributed by atoms with Crippen LogP contribution in [0.4, 0.5) is 0 Å². The van der Waals surface area contributed by atoms with Crippen LogP contribution in [0.1, 0.15) is 19.3 Å². The van der Waals surface area contributed by atoms with Gasteiger partial charge >= 0.3 is 0 Å². The molecule has 0 radical (unpaired) electrons. The molecule has 9 heavy (non-hydrogen) atoms. The van der Waals surface area contributed by atoms with E-state index in [-0.39, 0.29) is 0 Å². The zero-order chi connectivity index (χ0) is 6.53. The lowest BCUT2D eigenvalue weighted by molar-refractivity contribution is 0.129. The SMILES string of the molecule is N#CCCOCC1CC1. The van der Waals surface area contributed by atoms with Gasteiger partial charge in [0.05, 0.1) is 19.1 Å². The van der Waals surface area contributed by atoms with E-state index in [9.17, 15) is 0 Å². The number of nitrogens with zero attached hydrogens (tertiary/aromatic N) is 1. The Morgan fingerprint density at radius 2 is 2.33 bits per heavy atom. The predicted molar refractivity (Wildman–Crippen MR) is 33.8 cm³/mol. The van der Waals surface area contributed by atoms with Crippen molar-refractivity contribution >= 4 is 0 Å². The van der Waals surface area contributed by atoms with Crippen molar-refractivity contribution in [3.05, 3.63) is 0 Å². The maximum atomic E-state index is 8.12. The molecule has 1 aliphatic rings. The van der Waals surface area contributed by atoms with Gasteiger partial charge < -0.3 is 4.74 Å². The molecular formula is C7H11NO. The summed E-state index contributed by atoms with van der Waals surface area (Å²) in [5.74, 6) is 0.823. The molecule has 0 bridgehead atoms. The highest BCUT2D eigenvalue weighted by molar-refractivity contribution is 4.73. The monoisotopic (exact) mass is 125 g/mol. The Bertz CT molecular complexity index is 113. The third-order valence-corrected chi connectivity index (χ3v) is 1.41. The van der Waals surface area contributed by atoms with E-state index in [1.54, 1.807) is 0 Å². The molecule has 0 saturated heterocycles. The average Bonchev–Trinajstić information content (AvgIpc) is 2.63. The smallest absolute Gasteiger partial charge is 0.0645 e. The zero-order valence-corrected chi connectivity index (χ0v) is 5.47. The first-order valence-corrected chi connectivity index (χ1v) is 3.38. The Kier molecular flexibility index (Phi) is 2.53. The molecule has 0 N–H and O–H groups in total. The molecule has 0 amide bonds. The molecule has 0 aromatic heterocycles. The summed E-state index contributed by atoms with van der Waals surface area (Å²) in [6, 6.07) is 2.04. The van der Waals surface area contributed by atoms with E-state index in [1.807, 2.05) is 6.07 Å². The molecule has 0 atom stereocenters. The first kappa shape index (κ1) is 6.57. The van der Waals surface area contributed by atoms with Gasteiger partial charge in [0.25, 0.3) is 0 Å². The van der Waals surface area contributed by atoms with Gasteiger partial charge in [-0.1, -0.05) is 0 Å². The fourth-order valence-electron chi connectivity index (χ4n) is 0.652. The molecule has 50 valence electrons. The van der Waals surface area contributed by atoms with Crippen LogP contribution in [0.15, 0.2) is 0 Å². The quantitative estimate of drug-likeness (QED) is 0.531. The Morgan fingerprint density at radius 1 is 1.56 bits per heavy atom. The summed E-state index contributed by atoms with van der Waals surface area (Å²) < 4.78 is 5.18. The van der Waals surface area contributed by atoms with E-state index < -0.39 is 0 Å². The van der Waals surface area contributed by atoms with Gasteiger partial charge in [-0.25, -0.2) is 0 Å². The summed E-state index contributed by atoms with van der Waals surface area (Å²) in [5.41, 5.74) is 0. The molecule has 0 aliphatic heterocycles. The van der Waals surface area contributed by atoms with Crippen LogP contribution in [-0.4, -0.2) is 13.2 Å². The number of ether oxygens (including phenoxy) is 1. The summed E-state index contributed by atoms with van der Waals surface area (Å²) >= 11 is 0. The van der Waals surface area contributed by atoms with Crippen molar-refractivity contribution < 1.29 is 4.74 Å². The van der Waals surface area contributed by atoms with Gasteiger partial charge in [-0.2, -0.15) is 5.26 Å². The molecule has 2 nitrogen and oxygen atoms in total. The van der Waals surface area contributed by atoms with Crippen molar-refractivity contribution in [1.29, 1.82) is 5.26 Å². The molecule has 2 heteroatoms. The first-order valence-electron chi connectivity index (χ1n) is 3.38. The fourth-order valence-corrected chi connectivity index (χ4v) is 0.652. The second-order valence-corrected chi connectivity index (χ2v) is 2.43. The van der Waals surface area contributed by atoms with E-state index in [2.05, 4.69) is 0 Å². The second kappa shape index (κ2) is 3.47. The molecule has 1 saturated carbocycles. The van der Waals surface area contributed by atoms with Crippen molar-refractivity contribution in [1.82, 2.24) is 0 Å². The van der Waals surface area contributed by atoms with E-state index in [0.717, 1.165) is 12.5 Å². The van der Waals surface area contributed by atoms with Crippen LogP contribution in [0.3, 0.4) is 0 Å². The van der Waals surface area contributed by atoms with Crippen molar-refractivity contribution in [2.75, 3.05) is 13.2 Å². The molecule has 1 fully saturated rings. The minimum atomic E-state index is 0.534. The lowest BCUT2D eigenvalue weighted by atomic mass is 10.4. The van der Waals surface area contributed by atoms with E-state index in [0.29, 0.717) is 13.0 Å². The largest absolute Gasteiger partial charge is 0.380 e. The first-order chi connectivity index (χ1) is 4.43. The van der Waals surface area contributed by atoms with Gasteiger partial charge in [-0.05, 0) is 18.8 Å². The van der Waals surface area contributed by atoms with Crippen LogP contribution in [-0.2, 0) is 4.74 Å². The third-order valence-electron chi connectivity index (χ3n) is 1.41. The van der Waals surface area contributed by atoms with E-state index >= 15 is 0 Å². The zero-order valence-electron chi connectivity index (χ0n) is 5.47. The minimum absolute atomic E-state index is 0.534.